The van der Waals surface area contributed by atoms with E-state index in [2.05, 4.69) is 39.0 Å². The Morgan fingerprint density at radius 2 is 2.08 bits per heavy atom. The first-order valence-corrected chi connectivity index (χ1v) is 9.59. The number of rotatable bonds is 3. The molecule has 0 aliphatic carbocycles. The van der Waals surface area contributed by atoms with Crippen LogP contribution in [0.2, 0.25) is 0 Å². The number of piperidine rings is 1. The molecule has 1 N–H and O–H groups in total. The molecule has 7 heteroatoms. The molecule has 1 unspecified atom stereocenters. The lowest BCUT2D eigenvalue weighted by molar-refractivity contribution is -0.128. The van der Waals surface area contributed by atoms with Crippen molar-refractivity contribution in [2.24, 2.45) is 0 Å². The van der Waals surface area contributed by atoms with Gasteiger partial charge in [0.25, 0.3) is 5.91 Å². The maximum atomic E-state index is 12.4. The number of carbonyl (C=O) groups excluding carboxylic acids is 1. The summed E-state index contributed by atoms with van der Waals surface area (Å²) in [6.07, 6.45) is 2.97. The summed E-state index contributed by atoms with van der Waals surface area (Å²) in [5.41, 5.74) is 1.88. The summed E-state index contributed by atoms with van der Waals surface area (Å²) in [4.78, 5) is 29.0. The van der Waals surface area contributed by atoms with E-state index >= 15 is 0 Å². The molecule has 2 aromatic rings. The third-order valence-corrected chi connectivity index (χ3v) is 5.45. The minimum atomic E-state index is -0.130. The van der Waals surface area contributed by atoms with Gasteiger partial charge in [-0.1, -0.05) is 5.92 Å². The zero-order valence-electron chi connectivity index (χ0n) is 15.6. The summed E-state index contributed by atoms with van der Waals surface area (Å²) in [5, 5.41) is 4.10. The van der Waals surface area contributed by atoms with Gasteiger partial charge in [-0.2, -0.15) is 0 Å². The molecule has 0 bridgehead atoms. The highest BCUT2D eigenvalue weighted by atomic mass is 32.1. The van der Waals surface area contributed by atoms with Crippen molar-refractivity contribution in [2.45, 2.75) is 53.0 Å². The van der Waals surface area contributed by atoms with Gasteiger partial charge in [0.05, 0.1) is 17.4 Å². The fraction of sp³-hybridized carbons (Fsp3) is 0.474. The Bertz CT molecular complexity index is 860. The SMILES string of the molecule is CC#CC(=O)N1CCCCC1c1cc(Nc2nc(C)c(C)s2)nc(C)n1. The fourth-order valence-corrected chi connectivity index (χ4v) is 3.94. The molecule has 3 heterocycles. The van der Waals surface area contributed by atoms with Crippen molar-refractivity contribution in [3.63, 3.8) is 0 Å². The number of nitrogens with zero attached hydrogens (tertiary/aromatic N) is 4. The second kappa shape index (κ2) is 7.83. The van der Waals surface area contributed by atoms with Crippen LogP contribution in [0.15, 0.2) is 6.07 Å². The first-order chi connectivity index (χ1) is 12.5. The van der Waals surface area contributed by atoms with E-state index in [0.717, 1.165) is 42.3 Å². The fourth-order valence-electron chi connectivity index (χ4n) is 3.12. The second-order valence-corrected chi connectivity index (χ2v) is 7.60. The molecule has 136 valence electrons. The van der Waals surface area contributed by atoms with Crippen molar-refractivity contribution in [3.8, 4) is 11.8 Å². The first kappa shape index (κ1) is 18.3. The number of anilines is 2. The summed E-state index contributed by atoms with van der Waals surface area (Å²) in [5.74, 6) is 6.62. The van der Waals surface area contributed by atoms with E-state index in [1.54, 1.807) is 18.3 Å². The minimum Gasteiger partial charge on any atom is -0.323 e. The van der Waals surface area contributed by atoms with Gasteiger partial charge in [-0.25, -0.2) is 15.0 Å². The predicted octanol–water partition coefficient (Wildman–Crippen LogP) is 3.68. The maximum absolute atomic E-state index is 12.4. The number of amides is 1. The van der Waals surface area contributed by atoms with Crippen LogP contribution in [-0.4, -0.2) is 32.3 Å². The molecule has 0 aromatic carbocycles. The van der Waals surface area contributed by atoms with Crippen LogP contribution in [0.3, 0.4) is 0 Å². The maximum Gasteiger partial charge on any atom is 0.299 e. The first-order valence-electron chi connectivity index (χ1n) is 8.78. The zero-order valence-corrected chi connectivity index (χ0v) is 16.4. The number of thiazole rings is 1. The molecule has 0 saturated carbocycles. The summed E-state index contributed by atoms with van der Waals surface area (Å²) in [6, 6.07) is 1.87. The van der Waals surface area contributed by atoms with Crippen molar-refractivity contribution in [1.29, 1.82) is 0 Å². The van der Waals surface area contributed by atoms with Crippen molar-refractivity contribution in [2.75, 3.05) is 11.9 Å². The van der Waals surface area contributed by atoms with Crippen molar-refractivity contribution in [3.05, 3.63) is 28.2 Å². The molecule has 0 radical (unpaired) electrons. The molecule has 1 aliphatic heterocycles. The highest BCUT2D eigenvalue weighted by molar-refractivity contribution is 7.15. The predicted molar refractivity (Wildman–Crippen MR) is 103 cm³/mol. The number of aryl methyl sites for hydroxylation is 3. The van der Waals surface area contributed by atoms with E-state index in [1.807, 2.05) is 24.8 Å². The van der Waals surface area contributed by atoms with E-state index in [0.29, 0.717) is 11.6 Å². The largest absolute Gasteiger partial charge is 0.323 e. The number of carbonyl (C=O) groups is 1. The van der Waals surface area contributed by atoms with Gasteiger partial charge < -0.3 is 10.2 Å². The molecule has 1 saturated heterocycles. The zero-order chi connectivity index (χ0) is 18.7. The summed E-state index contributed by atoms with van der Waals surface area (Å²) in [6.45, 7) is 8.32. The molecule has 0 spiro atoms. The molecule has 1 amide bonds. The number of likely N-dealkylation sites (tertiary alicyclic amines) is 1. The standard InChI is InChI=1S/C19H23N5OS/c1-5-8-18(25)24-10-7-6-9-16(24)15-11-17(22-14(4)21-15)23-19-20-12(2)13(3)26-19/h11,16H,6-7,9-10H2,1-4H3,(H,20,21,22,23). The lowest BCUT2D eigenvalue weighted by Crippen LogP contribution is -2.38. The van der Waals surface area contributed by atoms with Gasteiger partial charge >= 0.3 is 0 Å². The normalized spacial score (nSPS) is 16.8. The topological polar surface area (TPSA) is 71.0 Å². The molecule has 26 heavy (non-hydrogen) atoms. The third kappa shape index (κ3) is 4.02. The smallest absolute Gasteiger partial charge is 0.299 e. The van der Waals surface area contributed by atoms with E-state index in [9.17, 15) is 4.79 Å². The number of hydrogen-bond donors (Lipinski definition) is 1. The number of hydrogen-bond acceptors (Lipinski definition) is 6. The summed E-state index contributed by atoms with van der Waals surface area (Å²) in [7, 11) is 0. The van der Waals surface area contributed by atoms with Crippen LogP contribution < -0.4 is 5.32 Å². The van der Waals surface area contributed by atoms with Crippen LogP contribution in [-0.2, 0) is 4.79 Å². The Morgan fingerprint density at radius 1 is 1.27 bits per heavy atom. The Morgan fingerprint density at radius 3 is 2.77 bits per heavy atom. The van der Waals surface area contributed by atoms with Crippen LogP contribution in [0.4, 0.5) is 10.9 Å². The molecule has 2 aromatic heterocycles. The third-order valence-electron chi connectivity index (χ3n) is 4.46. The quantitative estimate of drug-likeness (QED) is 0.836. The Labute approximate surface area is 158 Å². The minimum absolute atomic E-state index is 0.0564. The molecule has 1 fully saturated rings. The van der Waals surface area contributed by atoms with E-state index in [-0.39, 0.29) is 11.9 Å². The summed E-state index contributed by atoms with van der Waals surface area (Å²) < 4.78 is 0. The van der Waals surface area contributed by atoms with Crippen molar-refractivity contribution < 1.29 is 4.79 Å². The molecule has 3 rings (SSSR count). The molecule has 1 aliphatic rings. The summed E-state index contributed by atoms with van der Waals surface area (Å²) >= 11 is 1.60. The average molecular weight is 369 g/mol. The monoisotopic (exact) mass is 369 g/mol. The van der Waals surface area contributed by atoms with Crippen LogP contribution in [0.5, 0.6) is 0 Å². The Balaban J connectivity index is 1.89. The molecular formula is C19H23N5OS. The highest BCUT2D eigenvalue weighted by Gasteiger charge is 2.28. The van der Waals surface area contributed by atoms with Crippen molar-refractivity contribution in [1.82, 2.24) is 19.9 Å². The van der Waals surface area contributed by atoms with Gasteiger partial charge in [-0.05, 0) is 52.9 Å². The average Bonchev–Trinajstić information content (AvgIpc) is 2.92. The number of aromatic nitrogens is 3. The van der Waals surface area contributed by atoms with Crippen LogP contribution in [0.25, 0.3) is 0 Å². The van der Waals surface area contributed by atoms with Gasteiger partial charge in [0.2, 0.25) is 0 Å². The van der Waals surface area contributed by atoms with Gasteiger partial charge in [-0.15, -0.1) is 11.3 Å². The van der Waals surface area contributed by atoms with Crippen LogP contribution >= 0.6 is 11.3 Å². The Hall–Kier alpha value is -2.46. The lowest BCUT2D eigenvalue weighted by atomic mass is 9.98. The molecule has 1 atom stereocenters. The van der Waals surface area contributed by atoms with Gasteiger partial charge in [0.15, 0.2) is 5.13 Å². The van der Waals surface area contributed by atoms with Crippen molar-refractivity contribution >= 4 is 28.2 Å². The van der Waals surface area contributed by atoms with Crippen LogP contribution in [0.1, 0.15) is 54.3 Å². The van der Waals surface area contributed by atoms with Gasteiger partial charge in [0, 0.05) is 17.5 Å². The molecule has 6 nitrogen and oxygen atoms in total. The van der Waals surface area contributed by atoms with E-state index in [1.165, 1.54) is 4.88 Å². The number of nitrogens with one attached hydrogen (secondary N) is 1. The Kier molecular flexibility index (Phi) is 5.52. The van der Waals surface area contributed by atoms with Gasteiger partial charge in [-0.3, -0.25) is 4.79 Å². The second-order valence-electron chi connectivity index (χ2n) is 6.40. The van der Waals surface area contributed by atoms with Crippen LogP contribution in [0, 0.1) is 32.6 Å². The lowest BCUT2D eigenvalue weighted by Gasteiger charge is -2.34. The molecular weight excluding hydrogens is 346 g/mol. The van der Waals surface area contributed by atoms with E-state index in [4.69, 9.17) is 0 Å². The highest BCUT2D eigenvalue weighted by Crippen LogP contribution is 2.32. The van der Waals surface area contributed by atoms with Gasteiger partial charge in [0.1, 0.15) is 11.6 Å². The van der Waals surface area contributed by atoms with E-state index < -0.39 is 0 Å².